The van der Waals surface area contributed by atoms with E-state index in [1.165, 1.54) is 0 Å². The van der Waals surface area contributed by atoms with Gasteiger partial charge < -0.3 is 65.1 Å². The molecule has 51 heavy (non-hydrogen) atoms. The van der Waals surface area contributed by atoms with E-state index in [9.17, 15) is 0 Å². The van der Waals surface area contributed by atoms with Crippen LogP contribution in [0.1, 0.15) is 69.2 Å². The quantitative estimate of drug-likeness (QED) is 0.205. The predicted molar refractivity (Wildman–Crippen MR) is 183 cm³/mol. The number of fused-ring (bicyclic) bond motifs is 2. The number of allylic oxidation sites excluding steroid dienone is 6. The molecule has 0 unspecified atom stereocenters. The maximum absolute atomic E-state index is 7.17. The molecule has 2 spiro atoms. The minimum Gasteiger partial charge on any atom is -0.347 e. The summed E-state index contributed by atoms with van der Waals surface area (Å²) in [6.45, 7) is 19.1. The van der Waals surface area contributed by atoms with Crippen LogP contribution in [-0.4, -0.2) is 120 Å². The van der Waals surface area contributed by atoms with Crippen LogP contribution in [-0.2, 0) is 65.1 Å². The zero-order valence-corrected chi connectivity index (χ0v) is 32.5. The molecule has 0 aromatic rings. The van der Waals surface area contributed by atoms with Gasteiger partial charge in [0.15, 0.2) is 23.1 Å². The first-order valence-corrected chi connectivity index (χ1v) is 19.5. The van der Waals surface area contributed by atoms with Crippen LogP contribution >= 0.6 is 0 Å². The highest BCUT2D eigenvalue weighted by Crippen LogP contribution is 2.49. The van der Waals surface area contributed by atoms with Crippen LogP contribution in [0.2, 0.25) is 0 Å². The van der Waals surface area contributed by atoms with Crippen molar-refractivity contribution in [2.75, 3.05) is 39.6 Å². The molecule has 0 N–H and O–H groups in total. The van der Waals surface area contributed by atoms with Gasteiger partial charge in [0.1, 0.15) is 49.8 Å². The van der Waals surface area contributed by atoms with Crippen molar-refractivity contribution in [2.24, 2.45) is 0 Å². The fourth-order valence-electron chi connectivity index (χ4n) is 7.15. The van der Waals surface area contributed by atoms with Crippen LogP contribution in [0.5, 0.6) is 0 Å². The summed E-state index contributed by atoms with van der Waals surface area (Å²) < 4.78 is 91.5. The van der Waals surface area contributed by atoms with Crippen LogP contribution in [0.25, 0.3) is 0 Å². The maximum Gasteiger partial charge on any atom is 0.681 e. The van der Waals surface area contributed by atoms with E-state index in [1.807, 2.05) is 118 Å². The summed E-state index contributed by atoms with van der Waals surface area (Å²) in [5.74, 6) is -6.69. The fourth-order valence-corrected chi connectivity index (χ4v) is 9.41. The van der Waals surface area contributed by atoms with Crippen molar-refractivity contribution in [3.8, 4) is 0 Å². The van der Waals surface area contributed by atoms with E-state index in [0.29, 0.717) is 0 Å². The lowest BCUT2D eigenvalue weighted by Crippen LogP contribution is -2.70. The Balaban J connectivity index is 1.45. The molecule has 6 saturated heterocycles. The molecule has 8 atom stereocenters. The van der Waals surface area contributed by atoms with Crippen LogP contribution < -0.4 is 0 Å². The number of hydrogen-bond acceptors (Lipinski definition) is 14. The third-order valence-corrected chi connectivity index (χ3v) is 11.2. The highest BCUT2D eigenvalue weighted by molar-refractivity contribution is 6.53. The summed E-state index contributed by atoms with van der Waals surface area (Å²) in [6.07, 6.45) is 10.7. The van der Waals surface area contributed by atoms with E-state index in [-0.39, 0.29) is 39.6 Å². The molecule has 0 amide bonds. The molecular weight excluding hydrogens is 684 g/mol. The van der Waals surface area contributed by atoms with Gasteiger partial charge >= 0.3 is 9.05 Å². The van der Waals surface area contributed by atoms with Gasteiger partial charge in [-0.15, -0.1) is 0 Å². The Morgan fingerprint density at radius 1 is 0.549 bits per heavy atom. The van der Waals surface area contributed by atoms with Gasteiger partial charge in [-0.3, -0.25) is 0 Å². The summed E-state index contributed by atoms with van der Waals surface area (Å²) in [7, 11) is -4.44. The molecule has 0 saturated carbocycles. The molecule has 0 aliphatic carbocycles. The van der Waals surface area contributed by atoms with Crippen LogP contribution in [0, 0.1) is 0 Å². The zero-order valence-electron chi connectivity index (χ0n) is 31.5. The fraction of sp³-hybridized carbons (Fsp3) is 0.778. The summed E-state index contributed by atoms with van der Waals surface area (Å²) in [5, 5.41) is 0. The van der Waals surface area contributed by atoms with E-state index < -0.39 is 80.4 Å². The van der Waals surface area contributed by atoms with E-state index in [1.54, 1.807) is 0 Å². The zero-order chi connectivity index (χ0) is 36.8. The topological polar surface area (TPSA) is 129 Å². The summed E-state index contributed by atoms with van der Waals surface area (Å²) in [6, 6.07) is 0. The highest BCUT2D eigenvalue weighted by atomic mass is 28.4. The van der Waals surface area contributed by atoms with Gasteiger partial charge in [-0.1, -0.05) is 48.6 Å². The van der Waals surface area contributed by atoms with Crippen molar-refractivity contribution >= 4 is 9.05 Å². The third kappa shape index (κ3) is 8.63. The van der Waals surface area contributed by atoms with Crippen LogP contribution in [0.15, 0.2) is 48.6 Å². The molecule has 0 aromatic heterocycles. The van der Waals surface area contributed by atoms with E-state index in [0.717, 1.165) is 0 Å². The first kappa shape index (κ1) is 39.3. The summed E-state index contributed by atoms with van der Waals surface area (Å²) >= 11 is 0. The predicted octanol–water partition coefficient (Wildman–Crippen LogP) is 4.55. The Morgan fingerprint density at radius 2 is 0.961 bits per heavy atom. The second kappa shape index (κ2) is 14.7. The molecule has 15 heteroatoms. The molecule has 288 valence electrons. The largest absolute Gasteiger partial charge is 0.681 e. The van der Waals surface area contributed by atoms with E-state index in [2.05, 4.69) is 0 Å². The van der Waals surface area contributed by atoms with Crippen molar-refractivity contribution in [1.82, 2.24) is 0 Å². The minimum absolute atomic E-state index is 0.0437. The van der Waals surface area contributed by atoms with Gasteiger partial charge in [0.2, 0.25) is 11.6 Å². The molecular formula is C36H56O14Si. The molecule has 0 radical (unpaired) electrons. The van der Waals surface area contributed by atoms with Crippen molar-refractivity contribution in [1.29, 1.82) is 0 Å². The minimum atomic E-state index is -4.44. The monoisotopic (exact) mass is 740 g/mol. The smallest absolute Gasteiger partial charge is 0.347 e. The van der Waals surface area contributed by atoms with Gasteiger partial charge in [-0.2, -0.15) is 0 Å². The molecule has 6 heterocycles. The standard InChI is InChI=1S/C36H56O14Si/c1-11-13-15-17-19-41-51(42-20-18-16-14-12-2,47-29-27-25(43-33(7,8)45-27)21-37-35(29)23-39-31(3,4)49-35)48-30-28-26(44-34(9,10)46-28)22-38-36(30)24-40-32(5,6)50-36/h11-18,25-30H,19-24H2,1-10H3/b13-11+,14-12+,17-15+,18-16+/t25-,26-,27-,28-,29+,30+,35+,36+/m1/s1. The Labute approximate surface area is 302 Å². The number of rotatable bonds is 12. The molecule has 0 bridgehead atoms. The molecule has 0 aromatic carbocycles. The van der Waals surface area contributed by atoms with Crippen molar-refractivity contribution < 1.29 is 65.1 Å². The first-order valence-electron chi connectivity index (χ1n) is 17.8. The van der Waals surface area contributed by atoms with Gasteiger partial charge in [-0.05, 0) is 69.2 Å². The van der Waals surface area contributed by atoms with Gasteiger partial charge in [0.05, 0.1) is 26.4 Å². The average Bonchev–Trinajstić information content (AvgIpc) is 3.74. The Bertz CT molecular complexity index is 1240. The van der Waals surface area contributed by atoms with Gasteiger partial charge in [-0.25, -0.2) is 0 Å². The normalized spacial score (nSPS) is 39.8. The Kier molecular flexibility index (Phi) is 11.3. The number of hydrogen-bond donors (Lipinski definition) is 0. The molecule has 6 aliphatic heterocycles. The Hall–Kier alpha value is -1.38. The molecule has 14 nitrogen and oxygen atoms in total. The second-order valence-corrected chi connectivity index (χ2v) is 17.3. The van der Waals surface area contributed by atoms with E-state index in [4.69, 9.17) is 65.1 Å². The molecule has 6 aliphatic rings. The highest BCUT2D eigenvalue weighted by Gasteiger charge is 2.70. The average molecular weight is 741 g/mol. The summed E-state index contributed by atoms with van der Waals surface area (Å²) in [4.78, 5) is 0. The van der Waals surface area contributed by atoms with Crippen molar-refractivity contribution in [3.63, 3.8) is 0 Å². The number of ether oxygens (including phenoxy) is 10. The lowest BCUT2D eigenvalue weighted by molar-refractivity contribution is -0.343. The SMILES string of the molecule is C/C=C/C=C/CO[Si](OC/C=C/C=C/C)(O[C@H]1[C@@H]2OC(C)(C)O[C@@H]2CO[C@]12COC(C)(C)O2)O[C@H]1[C@@H]2OC(C)(C)O[C@@H]2CO[C@]12COC(C)(C)O2. The van der Waals surface area contributed by atoms with Crippen LogP contribution in [0.4, 0.5) is 0 Å². The molecule has 6 fully saturated rings. The van der Waals surface area contributed by atoms with Gasteiger partial charge in [0, 0.05) is 0 Å². The third-order valence-electron chi connectivity index (χ3n) is 9.10. The Morgan fingerprint density at radius 3 is 1.31 bits per heavy atom. The lowest BCUT2D eigenvalue weighted by Gasteiger charge is -2.48. The first-order chi connectivity index (χ1) is 24.0. The lowest BCUT2D eigenvalue weighted by atomic mass is 9.97. The van der Waals surface area contributed by atoms with Crippen molar-refractivity contribution in [3.05, 3.63) is 48.6 Å². The van der Waals surface area contributed by atoms with E-state index >= 15 is 0 Å². The van der Waals surface area contributed by atoms with Crippen molar-refractivity contribution in [2.45, 2.75) is 141 Å². The molecule has 6 rings (SSSR count). The summed E-state index contributed by atoms with van der Waals surface area (Å²) in [5.41, 5.74) is 0. The van der Waals surface area contributed by atoms with Gasteiger partial charge in [0.25, 0.3) is 0 Å². The maximum atomic E-state index is 7.17. The second-order valence-electron chi connectivity index (χ2n) is 15.2. The van der Waals surface area contributed by atoms with Crippen LogP contribution in [0.3, 0.4) is 0 Å².